The number of ether oxygens (including phenoxy) is 1. The molecule has 2 aliphatic rings. The van der Waals surface area contributed by atoms with Gasteiger partial charge >= 0.3 is 0 Å². The van der Waals surface area contributed by atoms with Crippen molar-refractivity contribution >= 4 is 44.7 Å². The Bertz CT molecular complexity index is 1090. The van der Waals surface area contributed by atoms with Crippen LogP contribution in [0.25, 0.3) is 21.3 Å². The van der Waals surface area contributed by atoms with Gasteiger partial charge in [0.2, 0.25) is 0 Å². The van der Waals surface area contributed by atoms with E-state index in [-0.39, 0.29) is 5.91 Å². The van der Waals surface area contributed by atoms with Crippen LogP contribution in [0.2, 0.25) is 5.02 Å². The van der Waals surface area contributed by atoms with Crippen LogP contribution in [0.3, 0.4) is 0 Å². The quantitative estimate of drug-likeness (QED) is 0.651. The van der Waals surface area contributed by atoms with Crippen molar-refractivity contribution in [2.75, 3.05) is 32.0 Å². The molecule has 150 valence electrons. The summed E-state index contributed by atoms with van der Waals surface area (Å²) in [4.78, 5) is 21.4. The van der Waals surface area contributed by atoms with E-state index in [0.717, 1.165) is 52.7 Å². The standard InChI is InChI=1S/C22H22ClN3O2S/c23-14-7-5-13(6-8-14)17-15-3-1-2-4-16(15)25-21-18(17)19(24)20(29-21)22(27)26-9-11-28-12-10-26/h5-8H,1-4,9-12,24H2. The van der Waals surface area contributed by atoms with E-state index >= 15 is 0 Å². The van der Waals surface area contributed by atoms with Gasteiger partial charge in [-0.2, -0.15) is 0 Å². The average molecular weight is 428 g/mol. The first-order chi connectivity index (χ1) is 14.1. The zero-order valence-corrected chi connectivity index (χ0v) is 17.6. The third-order valence-electron chi connectivity index (χ3n) is 5.78. The molecule has 29 heavy (non-hydrogen) atoms. The second-order valence-electron chi connectivity index (χ2n) is 7.56. The molecule has 3 aromatic rings. The summed E-state index contributed by atoms with van der Waals surface area (Å²) in [6.45, 7) is 2.33. The van der Waals surface area contributed by atoms with Gasteiger partial charge in [-0.15, -0.1) is 11.3 Å². The van der Waals surface area contributed by atoms with Crippen LogP contribution in [0.5, 0.6) is 0 Å². The Kier molecular flexibility index (Phi) is 4.94. The number of thiophene rings is 1. The highest BCUT2D eigenvalue weighted by Crippen LogP contribution is 2.44. The summed E-state index contributed by atoms with van der Waals surface area (Å²) in [6, 6.07) is 7.88. The third-order valence-corrected chi connectivity index (χ3v) is 7.12. The van der Waals surface area contributed by atoms with Crippen LogP contribution in [0, 0.1) is 0 Å². The second-order valence-corrected chi connectivity index (χ2v) is 8.99. The Balaban J connectivity index is 1.72. The Labute approximate surface area is 178 Å². The summed E-state index contributed by atoms with van der Waals surface area (Å²) >= 11 is 7.54. The van der Waals surface area contributed by atoms with Crippen molar-refractivity contribution in [3.8, 4) is 11.1 Å². The lowest BCUT2D eigenvalue weighted by Gasteiger charge is -2.26. The fraction of sp³-hybridized carbons (Fsp3) is 0.364. The zero-order chi connectivity index (χ0) is 20.0. The molecule has 2 N–H and O–H groups in total. The molecule has 0 bridgehead atoms. The van der Waals surface area contributed by atoms with Gasteiger partial charge in [-0.25, -0.2) is 4.98 Å². The van der Waals surface area contributed by atoms with Crippen molar-refractivity contribution in [1.29, 1.82) is 0 Å². The van der Waals surface area contributed by atoms with E-state index in [2.05, 4.69) is 0 Å². The van der Waals surface area contributed by atoms with Crippen molar-refractivity contribution in [3.63, 3.8) is 0 Å². The maximum Gasteiger partial charge on any atom is 0.266 e. The van der Waals surface area contributed by atoms with Gasteiger partial charge < -0.3 is 15.4 Å². The molecule has 0 atom stereocenters. The number of carbonyl (C=O) groups excluding carboxylic acids is 1. The number of amides is 1. The molecule has 2 aromatic heterocycles. The molecule has 0 unspecified atom stereocenters. The monoisotopic (exact) mass is 427 g/mol. The van der Waals surface area contributed by atoms with Crippen molar-refractivity contribution in [1.82, 2.24) is 9.88 Å². The van der Waals surface area contributed by atoms with Gasteiger partial charge in [0, 0.05) is 29.2 Å². The summed E-state index contributed by atoms with van der Waals surface area (Å²) in [5.41, 5.74) is 11.8. The summed E-state index contributed by atoms with van der Waals surface area (Å²) < 4.78 is 5.38. The second kappa shape index (κ2) is 7.59. The number of anilines is 1. The van der Waals surface area contributed by atoms with Crippen molar-refractivity contribution in [2.24, 2.45) is 0 Å². The number of halogens is 1. The number of carbonyl (C=O) groups is 1. The summed E-state index contributed by atoms with van der Waals surface area (Å²) in [5.74, 6) is -0.0196. The highest BCUT2D eigenvalue weighted by molar-refractivity contribution is 7.21. The molecule has 0 spiro atoms. The van der Waals surface area contributed by atoms with Crippen LogP contribution in [-0.4, -0.2) is 42.1 Å². The first-order valence-corrected chi connectivity index (χ1v) is 11.2. The van der Waals surface area contributed by atoms with Crippen molar-refractivity contribution in [3.05, 3.63) is 45.4 Å². The molecule has 1 saturated heterocycles. The number of benzene rings is 1. The molecule has 1 aliphatic carbocycles. The molecular weight excluding hydrogens is 406 g/mol. The van der Waals surface area contributed by atoms with E-state index in [9.17, 15) is 4.79 Å². The van der Waals surface area contributed by atoms with Crippen molar-refractivity contribution < 1.29 is 9.53 Å². The Hall–Kier alpha value is -2.15. The maximum atomic E-state index is 13.2. The fourth-order valence-corrected chi connectivity index (χ4v) is 5.53. The predicted octanol–water partition coefficient (Wildman–Crippen LogP) is 4.55. The first kappa shape index (κ1) is 18.9. The molecule has 0 radical (unpaired) electrons. The maximum absolute atomic E-state index is 13.2. The molecule has 1 fully saturated rings. The smallest absolute Gasteiger partial charge is 0.266 e. The van der Waals surface area contributed by atoms with E-state index in [1.54, 1.807) is 0 Å². The number of rotatable bonds is 2. The normalized spacial score (nSPS) is 16.8. The largest absolute Gasteiger partial charge is 0.397 e. The number of hydrogen-bond acceptors (Lipinski definition) is 5. The van der Waals surface area contributed by atoms with Gasteiger partial charge in [0.25, 0.3) is 5.91 Å². The lowest BCUT2D eigenvalue weighted by atomic mass is 9.87. The number of aromatic nitrogens is 1. The number of pyridine rings is 1. The van der Waals surface area contributed by atoms with E-state index < -0.39 is 0 Å². The van der Waals surface area contributed by atoms with Gasteiger partial charge in [0.05, 0.1) is 18.9 Å². The van der Waals surface area contributed by atoms with Crippen molar-refractivity contribution in [2.45, 2.75) is 25.7 Å². The minimum atomic E-state index is -0.0196. The van der Waals surface area contributed by atoms with Crippen LogP contribution in [0.15, 0.2) is 24.3 Å². The predicted molar refractivity (Wildman–Crippen MR) is 118 cm³/mol. The number of aryl methyl sites for hydroxylation is 1. The van der Waals surface area contributed by atoms with Crippen LogP contribution in [0.1, 0.15) is 33.8 Å². The molecule has 0 saturated carbocycles. The number of hydrogen-bond donors (Lipinski definition) is 1. The Morgan fingerprint density at radius 3 is 2.62 bits per heavy atom. The molecular formula is C22H22ClN3O2S. The van der Waals surface area contributed by atoms with Crippen LogP contribution in [-0.2, 0) is 17.6 Å². The molecule has 7 heteroatoms. The van der Waals surface area contributed by atoms with E-state index in [4.69, 9.17) is 27.1 Å². The topological polar surface area (TPSA) is 68.5 Å². The lowest BCUT2D eigenvalue weighted by molar-refractivity contribution is 0.0307. The zero-order valence-electron chi connectivity index (χ0n) is 16.0. The summed E-state index contributed by atoms with van der Waals surface area (Å²) in [5, 5.41) is 1.61. The molecule has 1 amide bonds. The van der Waals surface area contributed by atoms with Crippen LogP contribution in [0.4, 0.5) is 5.69 Å². The fourth-order valence-electron chi connectivity index (χ4n) is 4.31. The van der Waals surface area contributed by atoms with Gasteiger partial charge in [-0.1, -0.05) is 23.7 Å². The van der Waals surface area contributed by atoms with Gasteiger partial charge in [-0.3, -0.25) is 4.79 Å². The highest BCUT2D eigenvalue weighted by atomic mass is 35.5. The number of morpholine rings is 1. The first-order valence-electron chi connectivity index (χ1n) is 10.00. The Morgan fingerprint density at radius 1 is 1.14 bits per heavy atom. The minimum absolute atomic E-state index is 0.0196. The summed E-state index contributed by atoms with van der Waals surface area (Å²) in [6.07, 6.45) is 4.24. The van der Waals surface area contributed by atoms with Crippen LogP contribution < -0.4 is 5.73 Å². The number of nitrogens with zero attached hydrogens (tertiary/aromatic N) is 2. The van der Waals surface area contributed by atoms with E-state index in [1.165, 1.54) is 16.9 Å². The van der Waals surface area contributed by atoms with Crippen LogP contribution >= 0.6 is 22.9 Å². The SMILES string of the molecule is Nc1c(C(=O)N2CCOCC2)sc2nc3c(c(-c4ccc(Cl)cc4)c12)CCCC3. The number of nitrogens with two attached hydrogens (primary N) is 1. The summed E-state index contributed by atoms with van der Waals surface area (Å²) in [7, 11) is 0. The number of nitrogen functional groups attached to an aromatic ring is 1. The molecule has 5 nitrogen and oxygen atoms in total. The average Bonchev–Trinajstić information content (AvgIpc) is 3.09. The third kappa shape index (κ3) is 3.29. The number of fused-ring (bicyclic) bond motifs is 2. The van der Waals surface area contributed by atoms with Gasteiger partial charge in [-0.05, 0) is 54.5 Å². The Morgan fingerprint density at radius 2 is 1.86 bits per heavy atom. The van der Waals surface area contributed by atoms with E-state index in [0.29, 0.717) is 41.9 Å². The molecule has 1 aromatic carbocycles. The molecule has 3 heterocycles. The lowest BCUT2D eigenvalue weighted by Crippen LogP contribution is -2.40. The molecule has 5 rings (SSSR count). The minimum Gasteiger partial charge on any atom is -0.397 e. The van der Waals surface area contributed by atoms with Gasteiger partial charge in [0.15, 0.2) is 0 Å². The van der Waals surface area contributed by atoms with E-state index in [1.807, 2.05) is 29.2 Å². The molecule has 1 aliphatic heterocycles. The van der Waals surface area contributed by atoms with Gasteiger partial charge in [0.1, 0.15) is 9.71 Å². The highest BCUT2D eigenvalue weighted by Gasteiger charge is 2.28.